The molecule has 142 valence electrons. The molecule has 0 spiro atoms. The molecule has 1 saturated heterocycles. The fourth-order valence-electron chi connectivity index (χ4n) is 3.39. The first kappa shape index (κ1) is 19.1. The lowest BCUT2D eigenvalue weighted by molar-refractivity contribution is 0.00440. The largest absolute Gasteiger partial charge is 0.376 e. The van der Waals surface area contributed by atoms with Crippen molar-refractivity contribution in [3.05, 3.63) is 29.5 Å². The molecule has 6 nitrogen and oxygen atoms in total. The molecule has 7 heteroatoms. The quantitative estimate of drug-likeness (QED) is 0.725. The van der Waals surface area contributed by atoms with Crippen molar-refractivity contribution in [1.82, 2.24) is 20.4 Å². The smallest absolute Gasteiger partial charge is 0.251 e. The standard InChI is InChI=1S/C19H26N4O2.ClH/c1-13-16(19(24)21-7-8-25-15-3-2-4-15)5-6-18-17(13)12-23(22-18)11-14-9-20-10-14;/h5-6,12,14-15,20H,2-4,7-11H2,1H3,(H,21,24);1H. The summed E-state index contributed by atoms with van der Waals surface area (Å²) >= 11 is 0. The van der Waals surface area contributed by atoms with Gasteiger partial charge in [-0.2, -0.15) is 5.10 Å². The van der Waals surface area contributed by atoms with Crippen molar-refractivity contribution in [3.8, 4) is 0 Å². The minimum Gasteiger partial charge on any atom is -0.376 e. The number of fused-ring (bicyclic) bond motifs is 1. The molecule has 26 heavy (non-hydrogen) atoms. The number of amides is 1. The SMILES string of the molecule is Cc1c(C(=O)NCCOC2CCC2)ccc2nn(CC3CNC3)cc12.Cl. The molecular formula is C19H27ClN4O2. The Morgan fingerprint density at radius 1 is 1.38 bits per heavy atom. The van der Waals surface area contributed by atoms with Gasteiger partial charge in [0.2, 0.25) is 0 Å². The number of carbonyl (C=O) groups is 1. The number of carbonyl (C=O) groups excluding carboxylic acids is 1. The van der Waals surface area contributed by atoms with Crippen LogP contribution in [0.2, 0.25) is 0 Å². The van der Waals surface area contributed by atoms with E-state index in [1.807, 2.05) is 23.7 Å². The van der Waals surface area contributed by atoms with Crippen LogP contribution in [0.3, 0.4) is 0 Å². The lowest BCUT2D eigenvalue weighted by atomic mass is 9.96. The summed E-state index contributed by atoms with van der Waals surface area (Å²) in [5.41, 5.74) is 2.67. The van der Waals surface area contributed by atoms with Gasteiger partial charge in [-0.3, -0.25) is 9.48 Å². The van der Waals surface area contributed by atoms with Gasteiger partial charge in [-0.05, 0) is 43.9 Å². The molecular weight excluding hydrogens is 352 g/mol. The predicted octanol–water partition coefficient (Wildman–Crippen LogP) is 2.28. The second kappa shape index (κ2) is 8.37. The monoisotopic (exact) mass is 378 g/mol. The lowest BCUT2D eigenvalue weighted by Gasteiger charge is -2.26. The molecule has 2 heterocycles. The summed E-state index contributed by atoms with van der Waals surface area (Å²) in [5.74, 6) is 0.626. The molecule has 1 saturated carbocycles. The van der Waals surface area contributed by atoms with Gasteiger partial charge in [0.25, 0.3) is 5.91 Å². The Morgan fingerprint density at radius 3 is 2.85 bits per heavy atom. The zero-order chi connectivity index (χ0) is 17.2. The first-order valence-corrected chi connectivity index (χ1v) is 9.28. The minimum absolute atomic E-state index is 0. The first-order chi connectivity index (χ1) is 12.2. The predicted molar refractivity (Wildman–Crippen MR) is 104 cm³/mol. The first-order valence-electron chi connectivity index (χ1n) is 9.28. The van der Waals surface area contributed by atoms with Crippen LogP contribution in [-0.4, -0.2) is 48.0 Å². The average Bonchev–Trinajstić information content (AvgIpc) is 2.93. The Balaban J connectivity index is 0.00000196. The summed E-state index contributed by atoms with van der Waals surface area (Å²) in [4.78, 5) is 12.5. The molecule has 1 aliphatic carbocycles. The minimum atomic E-state index is -0.0347. The van der Waals surface area contributed by atoms with Crippen LogP contribution in [0.25, 0.3) is 10.9 Å². The average molecular weight is 379 g/mol. The summed E-state index contributed by atoms with van der Waals surface area (Å²) in [7, 11) is 0. The molecule has 2 aliphatic rings. The van der Waals surface area contributed by atoms with Crippen molar-refractivity contribution < 1.29 is 9.53 Å². The maximum atomic E-state index is 12.5. The molecule has 2 N–H and O–H groups in total. The maximum Gasteiger partial charge on any atom is 0.251 e. The van der Waals surface area contributed by atoms with Crippen LogP contribution in [0.15, 0.2) is 18.3 Å². The molecule has 2 aromatic rings. The van der Waals surface area contributed by atoms with E-state index in [0.717, 1.165) is 54.5 Å². The van der Waals surface area contributed by atoms with E-state index < -0.39 is 0 Å². The van der Waals surface area contributed by atoms with Crippen molar-refractivity contribution in [2.45, 2.75) is 38.8 Å². The molecule has 4 rings (SSSR count). The van der Waals surface area contributed by atoms with Crippen LogP contribution in [0, 0.1) is 12.8 Å². The van der Waals surface area contributed by atoms with E-state index in [-0.39, 0.29) is 18.3 Å². The molecule has 1 amide bonds. The van der Waals surface area contributed by atoms with Crippen molar-refractivity contribution in [3.63, 3.8) is 0 Å². The number of nitrogens with zero attached hydrogens (tertiary/aromatic N) is 2. The highest BCUT2D eigenvalue weighted by Gasteiger charge is 2.19. The fourth-order valence-corrected chi connectivity index (χ4v) is 3.39. The second-order valence-electron chi connectivity index (χ2n) is 7.23. The van der Waals surface area contributed by atoms with Gasteiger partial charge in [0, 0.05) is 49.2 Å². The number of benzene rings is 1. The summed E-state index contributed by atoms with van der Waals surface area (Å²) in [5, 5.41) is 12.0. The zero-order valence-electron chi connectivity index (χ0n) is 15.2. The third-order valence-electron chi connectivity index (χ3n) is 5.36. The number of hydrogen-bond donors (Lipinski definition) is 2. The summed E-state index contributed by atoms with van der Waals surface area (Å²) in [6.07, 6.45) is 6.06. The van der Waals surface area contributed by atoms with Gasteiger partial charge >= 0.3 is 0 Å². The fraction of sp³-hybridized carbons (Fsp3) is 0.579. The van der Waals surface area contributed by atoms with Gasteiger partial charge < -0.3 is 15.4 Å². The number of hydrogen-bond acceptors (Lipinski definition) is 4. The molecule has 0 bridgehead atoms. The Kier molecular flexibility index (Phi) is 6.16. The topological polar surface area (TPSA) is 68.2 Å². The van der Waals surface area contributed by atoms with E-state index in [9.17, 15) is 4.79 Å². The van der Waals surface area contributed by atoms with E-state index >= 15 is 0 Å². The van der Waals surface area contributed by atoms with Gasteiger partial charge in [-0.1, -0.05) is 0 Å². The molecule has 0 radical (unpaired) electrons. The normalized spacial score (nSPS) is 17.4. The van der Waals surface area contributed by atoms with Crippen LogP contribution in [0.4, 0.5) is 0 Å². The van der Waals surface area contributed by atoms with E-state index in [1.165, 1.54) is 6.42 Å². The van der Waals surface area contributed by atoms with Crippen LogP contribution >= 0.6 is 12.4 Å². The number of aryl methyl sites for hydroxylation is 1. The van der Waals surface area contributed by atoms with Gasteiger partial charge in [-0.25, -0.2) is 0 Å². The Hall–Kier alpha value is -1.63. The molecule has 0 atom stereocenters. The van der Waals surface area contributed by atoms with Crippen LogP contribution in [-0.2, 0) is 11.3 Å². The third-order valence-corrected chi connectivity index (χ3v) is 5.36. The Labute approximate surface area is 160 Å². The van der Waals surface area contributed by atoms with E-state index in [4.69, 9.17) is 4.74 Å². The van der Waals surface area contributed by atoms with Crippen LogP contribution < -0.4 is 10.6 Å². The molecule has 0 unspecified atom stereocenters. The van der Waals surface area contributed by atoms with E-state index in [2.05, 4.69) is 21.9 Å². The second-order valence-corrected chi connectivity index (χ2v) is 7.23. The van der Waals surface area contributed by atoms with Gasteiger partial charge in [0.15, 0.2) is 0 Å². The zero-order valence-corrected chi connectivity index (χ0v) is 16.0. The summed E-state index contributed by atoms with van der Waals surface area (Å²) in [6, 6.07) is 3.82. The summed E-state index contributed by atoms with van der Waals surface area (Å²) < 4.78 is 7.70. The molecule has 2 fully saturated rings. The van der Waals surface area contributed by atoms with E-state index in [0.29, 0.717) is 25.2 Å². The number of nitrogens with one attached hydrogen (secondary N) is 2. The Bertz CT molecular complexity index is 768. The maximum absolute atomic E-state index is 12.5. The van der Waals surface area contributed by atoms with Crippen LogP contribution in [0.1, 0.15) is 35.2 Å². The highest BCUT2D eigenvalue weighted by atomic mass is 35.5. The van der Waals surface area contributed by atoms with Crippen molar-refractivity contribution in [2.24, 2.45) is 5.92 Å². The number of halogens is 1. The van der Waals surface area contributed by atoms with Gasteiger partial charge in [-0.15, -0.1) is 12.4 Å². The van der Waals surface area contributed by atoms with Gasteiger partial charge in [0.05, 0.1) is 18.2 Å². The third kappa shape index (κ3) is 4.03. The number of rotatable bonds is 7. The van der Waals surface area contributed by atoms with Crippen molar-refractivity contribution in [1.29, 1.82) is 0 Å². The van der Waals surface area contributed by atoms with E-state index in [1.54, 1.807) is 0 Å². The highest BCUT2D eigenvalue weighted by molar-refractivity contribution is 6.00. The Morgan fingerprint density at radius 2 is 2.19 bits per heavy atom. The van der Waals surface area contributed by atoms with Gasteiger partial charge in [0.1, 0.15) is 0 Å². The number of aromatic nitrogens is 2. The van der Waals surface area contributed by atoms with Crippen molar-refractivity contribution in [2.75, 3.05) is 26.2 Å². The molecule has 1 aromatic heterocycles. The highest BCUT2D eigenvalue weighted by Crippen LogP contribution is 2.22. The lowest BCUT2D eigenvalue weighted by Crippen LogP contribution is -2.44. The molecule has 1 aliphatic heterocycles. The van der Waals surface area contributed by atoms with Crippen LogP contribution in [0.5, 0.6) is 0 Å². The van der Waals surface area contributed by atoms with Crippen molar-refractivity contribution >= 4 is 29.2 Å². The number of ether oxygens (including phenoxy) is 1. The summed E-state index contributed by atoms with van der Waals surface area (Å²) in [6.45, 7) is 6.20. The molecule has 1 aromatic carbocycles.